The second-order valence-electron chi connectivity index (χ2n) is 3.55. The maximum absolute atomic E-state index is 3.36. The molecule has 0 rings (SSSR count). The molecule has 0 aliphatic heterocycles. The van der Waals surface area contributed by atoms with Gasteiger partial charge in [-0.15, -0.1) is 6.58 Å². The van der Waals surface area contributed by atoms with Crippen molar-refractivity contribution in [3.05, 3.63) is 12.7 Å². The van der Waals surface area contributed by atoms with Gasteiger partial charge >= 0.3 is 0 Å². The minimum Gasteiger partial charge on any atom is -0.103 e. The van der Waals surface area contributed by atoms with Crippen molar-refractivity contribution in [2.24, 2.45) is 11.8 Å². The van der Waals surface area contributed by atoms with E-state index < -0.39 is 0 Å². The smallest absolute Gasteiger partial charge is 0.0443 e. The molecule has 0 N–H and O–H groups in total. The zero-order valence-electron chi connectivity index (χ0n) is 8.85. The lowest BCUT2D eigenvalue weighted by molar-refractivity contribution is 0.429. The highest BCUT2D eigenvalue weighted by molar-refractivity contribution is 4.52. The van der Waals surface area contributed by atoms with E-state index in [9.17, 15) is 0 Å². The lowest BCUT2D eigenvalue weighted by Gasteiger charge is -2.09. The van der Waals surface area contributed by atoms with Crippen molar-refractivity contribution in [1.82, 2.24) is 0 Å². The Kier molecular flexibility index (Phi) is 11.8. The van der Waals surface area contributed by atoms with E-state index in [2.05, 4.69) is 34.3 Å². The highest BCUT2D eigenvalue weighted by Gasteiger charge is 2.00. The third kappa shape index (κ3) is 17.7. The quantitative estimate of drug-likeness (QED) is 0.535. The van der Waals surface area contributed by atoms with Crippen molar-refractivity contribution < 1.29 is 0 Å². The molecule has 0 bridgehead atoms. The summed E-state index contributed by atoms with van der Waals surface area (Å²) in [5.74, 6) is 1.81. The minimum atomic E-state index is 0.880. The molecule has 0 aromatic carbocycles. The largest absolute Gasteiger partial charge is 0.103 e. The van der Waals surface area contributed by atoms with Crippen molar-refractivity contribution >= 4 is 0 Å². The van der Waals surface area contributed by atoms with Gasteiger partial charge in [0, 0.05) is 0 Å². The summed E-state index contributed by atoms with van der Waals surface area (Å²) >= 11 is 0. The highest BCUT2D eigenvalue weighted by atomic mass is 14.1. The predicted octanol–water partition coefficient (Wildman–Crippen LogP) is 4.27. The summed E-state index contributed by atoms with van der Waals surface area (Å²) in [5, 5.41) is 0. The van der Waals surface area contributed by atoms with Crippen LogP contribution in [0.2, 0.25) is 0 Å². The highest BCUT2D eigenvalue weighted by Crippen LogP contribution is 2.12. The molecule has 0 aromatic rings. The minimum absolute atomic E-state index is 0.880. The van der Waals surface area contributed by atoms with Gasteiger partial charge in [0.25, 0.3) is 0 Å². The van der Waals surface area contributed by atoms with E-state index >= 15 is 0 Å². The van der Waals surface area contributed by atoms with Crippen LogP contribution in [0.1, 0.15) is 47.5 Å². The molecular formula is C11H24. The van der Waals surface area contributed by atoms with Crippen molar-refractivity contribution in [3.63, 3.8) is 0 Å². The van der Waals surface area contributed by atoms with Gasteiger partial charge in [0.15, 0.2) is 0 Å². The van der Waals surface area contributed by atoms with Crippen LogP contribution >= 0.6 is 0 Å². The van der Waals surface area contributed by atoms with Crippen LogP contribution in [-0.4, -0.2) is 0 Å². The van der Waals surface area contributed by atoms with Crippen molar-refractivity contribution in [2.45, 2.75) is 47.5 Å². The van der Waals surface area contributed by atoms with Gasteiger partial charge in [-0.1, -0.05) is 40.2 Å². The van der Waals surface area contributed by atoms with Crippen LogP contribution in [0.25, 0.3) is 0 Å². The van der Waals surface area contributed by atoms with Gasteiger partial charge in [-0.3, -0.25) is 0 Å². The third-order valence-electron chi connectivity index (χ3n) is 1.57. The second kappa shape index (κ2) is 9.74. The molecule has 0 fully saturated rings. The van der Waals surface area contributed by atoms with Gasteiger partial charge in [-0.05, 0) is 25.2 Å². The normalized spacial score (nSPS) is 11.8. The van der Waals surface area contributed by atoms with E-state index in [1.165, 1.54) is 12.8 Å². The molecule has 11 heavy (non-hydrogen) atoms. The molecule has 0 spiro atoms. The molecule has 0 amide bonds. The standard InChI is InChI=1S/C8H18.C3H6/c1-5-8(4)6-7(2)3;1-3-2/h7-8H,5-6H2,1-4H3;3H,1H2,2H3. The first-order valence-corrected chi connectivity index (χ1v) is 4.65. The van der Waals surface area contributed by atoms with Crippen molar-refractivity contribution in [1.29, 1.82) is 0 Å². The second-order valence-corrected chi connectivity index (χ2v) is 3.55. The van der Waals surface area contributed by atoms with Gasteiger partial charge in [-0.2, -0.15) is 0 Å². The van der Waals surface area contributed by atoms with Crippen LogP contribution in [-0.2, 0) is 0 Å². The predicted molar refractivity (Wildman–Crippen MR) is 54.8 cm³/mol. The molecule has 0 aromatic heterocycles. The van der Waals surface area contributed by atoms with Crippen molar-refractivity contribution in [2.75, 3.05) is 0 Å². The van der Waals surface area contributed by atoms with Gasteiger partial charge in [0.2, 0.25) is 0 Å². The van der Waals surface area contributed by atoms with E-state index in [1.807, 2.05) is 6.92 Å². The maximum Gasteiger partial charge on any atom is -0.0443 e. The Morgan fingerprint density at radius 1 is 1.27 bits per heavy atom. The van der Waals surface area contributed by atoms with E-state index in [0.29, 0.717) is 0 Å². The summed E-state index contributed by atoms with van der Waals surface area (Å²) in [7, 11) is 0. The monoisotopic (exact) mass is 156 g/mol. The summed E-state index contributed by atoms with van der Waals surface area (Å²) in [6, 6.07) is 0. The van der Waals surface area contributed by atoms with Crippen LogP contribution in [0.4, 0.5) is 0 Å². The van der Waals surface area contributed by atoms with E-state index in [1.54, 1.807) is 6.08 Å². The van der Waals surface area contributed by atoms with Crippen LogP contribution in [0, 0.1) is 11.8 Å². The first-order valence-electron chi connectivity index (χ1n) is 4.65. The summed E-state index contributed by atoms with van der Waals surface area (Å²) in [6.07, 6.45) is 4.47. The average Bonchev–Trinajstić information content (AvgIpc) is 1.88. The molecule has 68 valence electrons. The first-order chi connectivity index (χ1) is 5.08. The lowest BCUT2D eigenvalue weighted by atomic mass is 9.97. The summed E-state index contributed by atoms with van der Waals surface area (Å²) in [4.78, 5) is 0. The Labute approximate surface area is 72.7 Å². The molecule has 0 heteroatoms. The Morgan fingerprint density at radius 2 is 1.64 bits per heavy atom. The molecule has 0 radical (unpaired) electrons. The Balaban J connectivity index is 0. The Morgan fingerprint density at radius 3 is 1.73 bits per heavy atom. The molecule has 0 nitrogen and oxygen atoms in total. The Hall–Kier alpha value is -0.260. The molecule has 1 atom stereocenters. The third-order valence-corrected chi connectivity index (χ3v) is 1.57. The zero-order chi connectivity index (χ0) is 9.28. The summed E-state index contributed by atoms with van der Waals surface area (Å²) in [6.45, 7) is 14.4. The summed E-state index contributed by atoms with van der Waals surface area (Å²) in [5.41, 5.74) is 0. The van der Waals surface area contributed by atoms with Gasteiger partial charge in [0.1, 0.15) is 0 Å². The topological polar surface area (TPSA) is 0 Å². The van der Waals surface area contributed by atoms with E-state index in [-0.39, 0.29) is 0 Å². The number of hydrogen-bond acceptors (Lipinski definition) is 0. The van der Waals surface area contributed by atoms with Crippen LogP contribution in [0.3, 0.4) is 0 Å². The Bertz CT molecular complexity index is 72.1. The SMILES string of the molecule is C=CC.CCC(C)CC(C)C. The summed E-state index contributed by atoms with van der Waals surface area (Å²) < 4.78 is 0. The average molecular weight is 156 g/mol. The van der Waals surface area contributed by atoms with Gasteiger partial charge in [0.05, 0.1) is 0 Å². The zero-order valence-corrected chi connectivity index (χ0v) is 8.85. The van der Waals surface area contributed by atoms with E-state index in [0.717, 1.165) is 11.8 Å². The fraction of sp³-hybridized carbons (Fsp3) is 0.818. The van der Waals surface area contributed by atoms with Gasteiger partial charge in [-0.25, -0.2) is 0 Å². The lowest BCUT2D eigenvalue weighted by Crippen LogP contribution is -1.97. The fourth-order valence-corrected chi connectivity index (χ4v) is 0.971. The van der Waals surface area contributed by atoms with Crippen LogP contribution in [0.5, 0.6) is 0 Å². The molecule has 0 aliphatic carbocycles. The van der Waals surface area contributed by atoms with E-state index in [4.69, 9.17) is 0 Å². The van der Waals surface area contributed by atoms with Crippen LogP contribution < -0.4 is 0 Å². The number of rotatable bonds is 3. The van der Waals surface area contributed by atoms with Gasteiger partial charge < -0.3 is 0 Å². The van der Waals surface area contributed by atoms with Crippen LogP contribution in [0.15, 0.2) is 12.7 Å². The molecule has 0 saturated heterocycles. The number of hydrogen-bond donors (Lipinski definition) is 0. The molecule has 0 aliphatic rings. The molecule has 1 unspecified atom stereocenters. The first kappa shape index (κ1) is 13.3. The molecule has 0 saturated carbocycles. The molecular weight excluding hydrogens is 132 g/mol. The maximum atomic E-state index is 3.36. The number of allylic oxidation sites excluding steroid dienone is 1. The molecule has 0 heterocycles. The van der Waals surface area contributed by atoms with Crippen molar-refractivity contribution in [3.8, 4) is 0 Å². The fourth-order valence-electron chi connectivity index (χ4n) is 0.971.